The van der Waals surface area contributed by atoms with E-state index in [1.54, 1.807) is 12.7 Å². The smallest absolute Gasteiger partial charge is 0.147 e. The van der Waals surface area contributed by atoms with Crippen LogP contribution in [0.25, 0.3) is 21.9 Å². The highest BCUT2D eigenvalue weighted by atomic mass is 16.5. The Morgan fingerprint density at radius 2 is 1.51 bits per heavy atom. The number of aldehydes is 1. The molecule has 0 aromatic heterocycles. The summed E-state index contributed by atoms with van der Waals surface area (Å²) in [5.74, 6) is 1.70. The van der Waals surface area contributed by atoms with Crippen molar-refractivity contribution >= 4 is 23.8 Å². The number of aryl methyl sites for hydroxylation is 1. The van der Waals surface area contributed by atoms with Crippen molar-refractivity contribution in [2.75, 3.05) is 20.3 Å². The monoisotopic (exact) mass is 672 g/mol. The Morgan fingerprint density at radius 3 is 2.08 bits per heavy atom. The van der Waals surface area contributed by atoms with Gasteiger partial charge in [0.05, 0.1) is 12.7 Å². The summed E-state index contributed by atoms with van der Waals surface area (Å²) < 4.78 is 5.10. The predicted molar refractivity (Wildman–Crippen MR) is 208 cm³/mol. The number of ether oxygens (including phenoxy) is 1. The van der Waals surface area contributed by atoms with Crippen molar-refractivity contribution in [3.63, 3.8) is 0 Å². The van der Waals surface area contributed by atoms with Gasteiger partial charge in [0.1, 0.15) is 13.1 Å². The minimum atomic E-state index is -0.358. The molecule has 49 heavy (non-hydrogen) atoms. The number of hydrogen-bond donors (Lipinski definition) is 2. The van der Waals surface area contributed by atoms with Crippen LogP contribution in [0.2, 0.25) is 0 Å². The van der Waals surface area contributed by atoms with Crippen LogP contribution in [0.4, 0.5) is 0 Å². The topological polar surface area (TPSA) is 83.8 Å². The molecule has 3 aromatic rings. The summed E-state index contributed by atoms with van der Waals surface area (Å²) in [6.07, 6.45) is 15.2. The molecule has 1 unspecified atom stereocenters. The first-order chi connectivity index (χ1) is 23.6. The van der Waals surface area contributed by atoms with Crippen molar-refractivity contribution in [3.8, 4) is 11.1 Å². The molecule has 5 nitrogen and oxygen atoms in total. The molecule has 1 fully saturated rings. The molecule has 1 atom stereocenters. The van der Waals surface area contributed by atoms with Gasteiger partial charge in [-0.05, 0) is 115 Å². The lowest BCUT2D eigenvalue weighted by Gasteiger charge is -2.30. The first-order valence-electron chi connectivity index (χ1n) is 18.1. The van der Waals surface area contributed by atoms with Crippen molar-refractivity contribution in [2.24, 2.45) is 5.92 Å². The Hall–Kier alpha value is -3.38. The van der Waals surface area contributed by atoms with Crippen LogP contribution in [-0.4, -0.2) is 49.7 Å². The van der Waals surface area contributed by atoms with E-state index in [0.29, 0.717) is 25.7 Å². The fraction of sp³-hybridized carbons (Fsp3) is 0.500. The number of methoxy groups -OCH3 is 1. The lowest BCUT2D eigenvalue weighted by molar-refractivity contribution is -0.105. The number of carbonyl (C=O) groups is 2. The zero-order valence-electron chi connectivity index (χ0n) is 31.1. The van der Waals surface area contributed by atoms with Gasteiger partial charge < -0.3 is 19.7 Å². The van der Waals surface area contributed by atoms with Crippen LogP contribution >= 0.6 is 0 Å². The van der Waals surface area contributed by atoms with Crippen molar-refractivity contribution in [1.29, 1.82) is 0 Å². The Labute approximate surface area is 297 Å². The Bertz CT molecular complexity index is 1380. The molecule has 5 heteroatoms. The number of allylic oxidation sites excluding steroid dienone is 1. The maximum atomic E-state index is 10.2. The first-order valence-corrected chi connectivity index (χ1v) is 18.1. The average Bonchev–Trinajstić information content (AvgIpc) is 3.12. The van der Waals surface area contributed by atoms with E-state index in [1.165, 1.54) is 96.4 Å². The number of hydrogen-bond acceptors (Lipinski definition) is 5. The third-order valence-electron chi connectivity index (χ3n) is 9.01. The Balaban J connectivity index is 0.000000867. The maximum absolute atomic E-state index is 10.2. The number of fused-ring (bicyclic) bond motifs is 1. The van der Waals surface area contributed by atoms with Crippen LogP contribution in [0, 0.1) is 5.92 Å². The van der Waals surface area contributed by atoms with Gasteiger partial charge in [-0.25, -0.2) is 0 Å². The highest BCUT2D eigenvalue weighted by molar-refractivity contribution is 5.88. The molecule has 1 saturated carbocycles. The quantitative estimate of drug-likeness (QED) is 0.0727. The molecule has 3 aromatic carbocycles. The van der Waals surface area contributed by atoms with Crippen LogP contribution in [0.3, 0.4) is 0 Å². The molecule has 270 valence electrons. The van der Waals surface area contributed by atoms with Crippen molar-refractivity contribution in [3.05, 3.63) is 95.6 Å². The SMILES string of the molecule is C=C(C)C.C=C(C=O)CO.C=O.CCCCCCC1CCC(c2ccc(-c3ccc4cc(CC(O)CCOC)ccc4c3)cc2CC)CC1. The number of aliphatic hydroxyl groups is 2. The zero-order chi connectivity index (χ0) is 36.6. The van der Waals surface area contributed by atoms with Gasteiger partial charge >= 0.3 is 0 Å². The highest BCUT2D eigenvalue weighted by Crippen LogP contribution is 2.40. The number of aliphatic hydroxyl groups excluding tert-OH is 2. The van der Waals surface area contributed by atoms with Crippen LogP contribution in [0.15, 0.2) is 78.9 Å². The largest absolute Gasteiger partial charge is 0.393 e. The van der Waals surface area contributed by atoms with E-state index in [4.69, 9.17) is 14.6 Å². The molecule has 2 N–H and O–H groups in total. The summed E-state index contributed by atoms with van der Waals surface area (Å²) in [6, 6.07) is 20.6. The van der Waals surface area contributed by atoms with E-state index in [9.17, 15) is 9.90 Å². The first kappa shape index (κ1) is 43.6. The molecule has 1 aliphatic carbocycles. The van der Waals surface area contributed by atoms with E-state index < -0.39 is 0 Å². The minimum Gasteiger partial charge on any atom is -0.393 e. The second-order valence-corrected chi connectivity index (χ2v) is 13.5. The number of carbonyl (C=O) groups excluding carboxylic acids is 2. The summed E-state index contributed by atoms with van der Waals surface area (Å²) in [5, 5.41) is 20.7. The van der Waals surface area contributed by atoms with Gasteiger partial charge in [0, 0.05) is 19.3 Å². The molecule has 4 rings (SSSR count). The third-order valence-corrected chi connectivity index (χ3v) is 9.01. The van der Waals surface area contributed by atoms with Crippen molar-refractivity contribution < 1.29 is 24.5 Å². The molecule has 0 spiro atoms. The second kappa shape index (κ2) is 25.6. The summed E-state index contributed by atoms with van der Waals surface area (Å²) in [6.45, 7) is 17.6. The second-order valence-electron chi connectivity index (χ2n) is 13.5. The molecule has 0 bridgehead atoms. The van der Waals surface area contributed by atoms with Crippen LogP contribution in [0.1, 0.15) is 115 Å². The van der Waals surface area contributed by atoms with Crippen molar-refractivity contribution in [1.82, 2.24) is 0 Å². The molecular weight excluding hydrogens is 608 g/mol. The van der Waals surface area contributed by atoms with Crippen molar-refractivity contribution in [2.45, 2.75) is 117 Å². The van der Waals surface area contributed by atoms with Gasteiger partial charge in [0.25, 0.3) is 0 Å². The number of unbranched alkanes of at least 4 members (excludes halogenated alkanes) is 3. The lowest BCUT2D eigenvalue weighted by atomic mass is 9.75. The molecular formula is C44H64O5. The van der Waals surface area contributed by atoms with Gasteiger partial charge in [-0.15, -0.1) is 6.58 Å². The van der Waals surface area contributed by atoms with E-state index in [0.717, 1.165) is 18.3 Å². The van der Waals surface area contributed by atoms with Crippen LogP contribution in [0.5, 0.6) is 0 Å². The fourth-order valence-electron chi connectivity index (χ4n) is 6.38. The Kier molecular flexibility index (Phi) is 22.8. The summed E-state index contributed by atoms with van der Waals surface area (Å²) in [7, 11) is 1.68. The lowest BCUT2D eigenvalue weighted by Crippen LogP contribution is -2.14. The van der Waals surface area contributed by atoms with Crippen LogP contribution < -0.4 is 0 Å². The highest BCUT2D eigenvalue weighted by Gasteiger charge is 2.23. The van der Waals surface area contributed by atoms with Gasteiger partial charge in [0.2, 0.25) is 0 Å². The summed E-state index contributed by atoms with van der Waals surface area (Å²) >= 11 is 0. The van der Waals surface area contributed by atoms with E-state index in [1.807, 2.05) is 20.6 Å². The van der Waals surface area contributed by atoms with Gasteiger partial charge in [-0.2, -0.15) is 0 Å². The fourth-order valence-corrected chi connectivity index (χ4v) is 6.38. The molecule has 0 saturated heterocycles. The van der Waals surface area contributed by atoms with Gasteiger partial charge in [-0.1, -0.05) is 107 Å². The normalized spacial score (nSPS) is 15.7. The van der Waals surface area contributed by atoms with Gasteiger partial charge in [-0.3, -0.25) is 4.79 Å². The number of benzene rings is 3. The molecule has 1 aliphatic rings. The number of rotatable bonds is 15. The van der Waals surface area contributed by atoms with Gasteiger partial charge in [0.15, 0.2) is 0 Å². The van der Waals surface area contributed by atoms with Crippen LogP contribution in [-0.2, 0) is 27.2 Å². The average molecular weight is 673 g/mol. The van der Waals surface area contributed by atoms with E-state index in [-0.39, 0.29) is 18.3 Å². The minimum absolute atomic E-state index is 0.218. The maximum Gasteiger partial charge on any atom is 0.147 e. The summed E-state index contributed by atoms with van der Waals surface area (Å²) in [4.78, 5) is 17.5. The standard InChI is InChI=1S/C35H48O2.C4H6O2.C4H8.CH2O/c1-4-6-7-8-9-26-10-13-29(14-11-26)35-19-18-33(24-28(35)5-2)32-17-16-30-22-27(12-15-31(30)25-32)23-34(36)20-21-37-3;1-4(2-5)3-6;1-4(2)3;1-2/h12,15-19,22,24-26,29,34,36H,4-11,13-14,20-21,23H2,1-3H3;2,6H,1,3H2;1H2,2-3H3;1H2. The van der Waals surface area contributed by atoms with E-state index >= 15 is 0 Å². The predicted octanol–water partition coefficient (Wildman–Crippen LogP) is 10.4. The Morgan fingerprint density at radius 1 is 0.898 bits per heavy atom. The molecule has 0 amide bonds. The molecule has 0 aliphatic heterocycles. The molecule has 0 radical (unpaired) electrons. The summed E-state index contributed by atoms with van der Waals surface area (Å²) in [5.41, 5.74) is 8.31. The van der Waals surface area contributed by atoms with E-state index in [2.05, 4.69) is 81.6 Å². The third kappa shape index (κ3) is 16.7. The zero-order valence-corrected chi connectivity index (χ0v) is 31.1. The molecule has 0 heterocycles.